The number of carbonyl (C=O) groups is 1. The van der Waals surface area contributed by atoms with Gasteiger partial charge in [-0.05, 0) is 26.0 Å². The molecule has 0 aliphatic heterocycles. The molecule has 0 fully saturated rings. The van der Waals surface area contributed by atoms with Crippen LogP contribution in [0.2, 0.25) is 0 Å². The average Bonchev–Trinajstić information content (AvgIpc) is 3.21. The number of aromatic nitrogens is 3. The van der Waals surface area contributed by atoms with Gasteiger partial charge in [-0.25, -0.2) is 4.68 Å². The Bertz CT molecular complexity index is 1180. The van der Waals surface area contributed by atoms with Crippen LogP contribution in [-0.4, -0.2) is 33.1 Å². The smallest absolute Gasteiger partial charge is 0.237 e. The highest BCUT2D eigenvalue weighted by Crippen LogP contribution is 2.36. The number of nitrogens with zero attached hydrogens (tertiary/aromatic N) is 3. The van der Waals surface area contributed by atoms with E-state index < -0.39 is 5.25 Å². The van der Waals surface area contributed by atoms with Crippen molar-refractivity contribution in [2.24, 2.45) is 0 Å². The second kappa shape index (κ2) is 7.08. The molecule has 4 rings (SSSR count). The molecule has 0 spiro atoms. The average molecular weight is 397 g/mol. The minimum Gasteiger partial charge on any atom is -0.495 e. The number of methoxy groups -OCH3 is 1. The van der Waals surface area contributed by atoms with Crippen molar-refractivity contribution in [3.05, 3.63) is 42.2 Å². The Hall–Kier alpha value is -3.20. The van der Waals surface area contributed by atoms with Gasteiger partial charge in [0, 0.05) is 16.8 Å². The molecule has 0 bridgehead atoms. The van der Waals surface area contributed by atoms with E-state index in [1.807, 2.05) is 30.3 Å². The van der Waals surface area contributed by atoms with Gasteiger partial charge in [-0.15, -0.1) is 10.2 Å². The van der Waals surface area contributed by atoms with Gasteiger partial charge < -0.3 is 20.3 Å². The van der Waals surface area contributed by atoms with Crippen molar-refractivity contribution in [1.82, 2.24) is 14.9 Å². The first kappa shape index (κ1) is 18.2. The summed E-state index contributed by atoms with van der Waals surface area (Å²) in [5, 5.41) is 12.7. The van der Waals surface area contributed by atoms with Gasteiger partial charge in [-0.2, -0.15) is 0 Å². The lowest BCUT2D eigenvalue weighted by atomic mass is 10.1. The molecule has 0 aliphatic rings. The number of ether oxygens (including phenoxy) is 1. The van der Waals surface area contributed by atoms with Crippen molar-refractivity contribution < 1.29 is 13.9 Å². The summed E-state index contributed by atoms with van der Waals surface area (Å²) in [4.78, 5) is 12.7. The summed E-state index contributed by atoms with van der Waals surface area (Å²) in [6, 6.07) is 11.4. The summed E-state index contributed by atoms with van der Waals surface area (Å²) < 4.78 is 12.7. The van der Waals surface area contributed by atoms with Gasteiger partial charge in [0.25, 0.3) is 0 Å². The summed E-state index contributed by atoms with van der Waals surface area (Å²) >= 11 is 1.23. The maximum Gasteiger partial charge on any atom is 0.237 e. The Morgan fingerprint density at radius 3 is 2.75 bits per heavy atom. The second-order valence-electron chi connectivity index (χ2n) is 6.30. The van der Waals surface area contributed by atoms with Crippen LogP contribution in [0.25, 0.3) is 21.9 Å². The fourth-order valence-electron chi connectivity index (χ4n) is 2.89. The number of nitrogen functional groups attached to an aromatic ring is 1. The zero-order chi connectivity index (χ0) is 19.8. The molecule has 0 saturated carbocycles. The number of thioether (sulfide) groups is 1. The fourth-order valence-corrected chi connectivity index (χ4v) is 3.71. The Balaban J connectivity index is 1.61. The number of hydrogen-bond acceptors (Lipinski definition) is 7. The van der Waals surface area contributed by atoms with Crippen LogP contribution in [0.3, 0.4) is 0 Å². The number of hydrogen-bond donors (Lipinski definition) is 2. The molecular formula is C19H19N5O3S. The van der Waals surface area contributed by atoms with Gasteiger partial charge in [0.15, 0.2) is 0 Å². The molecule has 0 radical (unpaired) electrons. The Labute approximate surface area is 165 Å². The van der Waals surface area contributed by atoms with Gasteiger partial charge in [0.05, 0.1) is 18.0 Å². The lowest BCUT2D eigenvalue weighted by Gasteiger charge is -2.14. The number of aryl methyl sites for hydroxylation is 1. The molecule has 0 aliphatic carbocycles. The molecule has 144 valence electrons. The number of fused-ring (bicyclic) bond motifs is 3. The molecule has 4 aromatic rings. The van der Waals surface area contributed by atoms with E-state index in [1.165, 1.54) is 16.4 Å². The molecule has 2 aromatic carbocycles. The van der Waals surface area contributed by atoms with Crippen LogP contribution in [0, 0.1) is 6.92 Å². The highest BCUT2D eigenvalue weighted by Gasteiger charge is 2.21. The van der Waals surface area contributed by atoms with Crippen LogP contribution in [0.4, 0.5) is 5.69 Å². The SMILES string of the molecule is COc1cc2c(cc1NC(=O)[C@H](C)Sc1nnc(C)n1N)oc1ccccc12. The topological polar surface area (TPSA) is 108 Å². The summed E-state index contributed by atoms with van der Waals surface area (Å²) in [5.74, 6) is 6.78. The Kier molecular flexibility index (Phi) is 4.60. The molecule has 28 heavy (non-hydrogen) atoms. The number of nitrogens with one attached hydrogen (secondary N) is 1. The number of furan rings is 1. The molecule has 8 nitrogen and oxygen atoms in total. The van der Waals surface area contributed by atoms with Crippen molar-refractivity contribution in [3.63, 3.8) is 0 Å². The van der Waals surface area contributed by atoms with Crippen molar-refractivity contribution in [2.75, 3.05) is 18.3 Å². The lowest BCUT2D eigenvalue weighted by molar-refractivity contribution is -0.115. The highest BCUT2D eigenvalue weighted by atomic mass is 32.2. The first-order chi connectivity index (χ1) is 13.5. The summed E-state index contributed by atoms with van der Waals surface area (Å²) in [6.07, 6.45) is 0. The van der Waals surface area contributed by atoms with Gasteiger partial charge in [0.1, 0.15) is 22.7 Å². The van der Waals surface area contributed by atoms with Crippen LogP contribution in [0.5, 0.6) is 5.75 Å². The van der Waals surface area contributed by atoms with Gasteiger partial charge in [0.2, 0.25) is 11.1 Å². The number of nitrogens with two attached hydrogens (primary N) is 1. The van der Waals surface area contributed by atoms with Crippen molar-refractivity contribution >= 4 is 45.3 Å². The normalized spacial score (nSPS) is 12.4. The molecule has 1 amide bonds. The maximum atomic E-state index is 12.7. The third kappa shape index (κ3) is 3.13. The predicted octanol–water partition coefficient (Wildman–Crippen LogP) is 3.33. The standard InChI is InChI=1S/C19H19N5O3S/c1-10(28-19-23-22-11(2)24(19)20)18(25)21-14-9-16-13(8-17(14)26-3)12-6-4-5-7-15(12)27-16/h4-10H,20H2,1-3H3,(H,21,25)/t10-/m0/s1. The predicted molar refractivity (Wildman–Crippen MR) is 109 cm³/mol. The van der Waals surface area contributed by atoms with E-state index in [-0.39, 0.29) is 5.91 Å². The Morgan fingerprint density at radius 1 is 1.25 bits per heavy atom. The van der Waals surface area contributed by atoms with Crippen LogP contribution in [0.15, 0.2) is 46.0 Å². The van der Waals surface area contributed by atoms with Crippen LogP contribution in [-0.2, 0) is 4.79 Å². The third-order valence-electron chi connectivity index (χ3n) is 4.44. The van der Waals surface area contributed by atoms with Gasteiger partial charge in [-0.3, -0.25) is 4.79 Å². The van der Waals surface area contributed by atoms with E-state index in [4.69, 9.17) is 15.0 Å². The van der Waals surface area contributed by atoms with E-state index in [0.717, 1.165) is 16.4 Å². The number of para-hydroxylation sites is 1. The zero-order valence-corrected chi connectivity index (χ0v) is 16.4. The number of carbonyl (C=O) groups excluding carboxylic acids is 1. The Morgan fingerprint density at radius 2 is 2.04 bits per heavy atom. The third-order valence-corrected chi connectivity index (χ3v) is 5.50. The lowest BCUT2D eigenvalue weighted by Crippen LogP contribution is -2.24. The summed E-state index contributed by atoms with van der Waals surface area (Å²) in [7, 11) is 1.57. The molecular weight excluding hydrogens is 378 g/mol. The summed E-state index contributed by atoms with van der Waals surface area (Å²) in [6.45, 7) is 3.52. The van der Waals surface area contributed by atoms with E-state index in [1.54, 1.807) is 27.0 Å². The monoisotopic (exact) mass is 397 g/mol. The van der Waals surface area contributed by atoms with Crippen molar-refractivity contribution in [1.29, 1.82) is 0 Å². The van der Waals surface area contributed by atoms with E-state index in [9.17, 15) is 4.79 Å². The van der Waals surface area contributed by atoms with Gasteiger partial charge >= 0.3 is 0 Å². The molecule has 1 atom stereocenters. The van der Waals surface area contributed by atoms with Crippen LogP contribution < -0.4 is 15.9 Å². The largest absolute Gasteiger partial charge is 0.495 e. The minimum atomic E-state index is -0.443. The zero-order valence-electron chi connectivity index (χ0n) is 15.6. The van der Waals surface area contributed by atoms with Crippen molar-refractivity contribution in [2.45, 2.75) is 24.3 Å². The van der Waals surface area contributed by atoms with E-state index in [0.29, 0.717) is 28.0 Å². The molecule has 0 saturated heterocycles. The number of benzene rings is 2. The van der Waals surface area contributed by atoms with Gasteiger partial charge in [-0.1, -0.05) is 30.0 Å². The second-order valence-corrected chi connectivity index (χ2v) is 7.60. The number of anilines is 1. The molecule has 2 aromatic heterocycles. The number of amides is 1. The molecule has 2 heterocycles. The van der Waals surface area contributed by atoms with Crippen LogP contribution >= 0.6 is 11.8 Å². The molecule has 3 N–H and O–H groups in total. The fraction of sp³-hybridized carbons (Fsp3) is 0.211. The van der Waals surface area contributed by atoms with E-state index in [2.05, 4.69) is 15.5 Å². The first-order valence-electron chi connectivity index (χ1n) is 8.62. The highest BCUT2D eigenvalue weighted by molar-refractivity contribution is 8.00. The van der Waals surface area contributed by atoms with Crippen LogP contribution in [0.1, 0.15) is 12.7 Å². The van der Waals surface area contributed by atoms with E-state index >= 15 is 0 Å². The quantitative estimate of drug-likeness (QED) is 0.393. The minimum absolute atomic E-state index is 0.209. The maximum absolute atomic E-state index is 12.7. The molecule has 9 heteroatoms. The first-order valence-corrected chi connectivity index (χ1v) is 9.49. The number of rotatable bonds is 5. The summed E-state index contributed by atoms with van der Waals surface area (Å²) in [5.41, 5.74) is 2.00. The van der Waals surface area contributed by atoms with Crippen molar-refractivity contribution in [3.8, 4) is 5.75 Å². The molecule has 0 unspecified atom stereocenters.